The summed E-state index contributed by atoms with van der Waals surface area (Å²) in [5.74, 6) is -1.12. The summed E-state index contributed by atoms with van der Waals surface area (Å²) in [4.78, 5) is 12.5. The molecule has 1 fully saturated rings. The van der Waals surface area contributed by atoms with Crippen molar-refractivity contribution in [1.82, 2.24) is 0 Å². The quantitative estimate of drug-likeness (QED) is 0.858. The van der Waals surface area contributed by atoms with Gasteiger partial charge in [0, 0.05) is 12.3 Å². The predicted octanol–water partition coefficient (Wildman–Crippen LogP) is 2.89. The summed E-state index contributed by atoms with van der Waals surface area (Å²) < 4.78 is 26.2. The molecule has 22 heavy (non-hydrogen) atoms. The zero-order chi connectivity index (χ0) is 16.7. The summed E-state index contributed by atoms with van der Waals surface area (Å²) in [6.07, 6.45) is 0.714. The molecule has 0 bridgehead atoms. The zero-order valence-electron chi connectivity index (χ0n) is 13.4. The third-order valence-electron chi connectivity index (χ3n) is 4.50. The Hall–Kier alpha value is -1.67. The number of Topliss-reactive ketones (excluding diaryl/α,β-unsaturated/α-hetero) is 1. The average Bonchev–Trinajstić information content (AvgIpc) is 2.78. The van der Waals surface area contributed by atoms with E-state index < -0.39 is 26.9 Å². The average molecular weight is 319 g/mol. The molecule has 2 rings (SSSR count). The van der Waals surface area contributed by atoms with Crippen LogP contribution in [0.4, 0.5) is 0 Å². The van der Waals surface area contributed by atoms with Gasteiger partial charge < -0.3 is 0 Å². The van der Waals surface area contributed by atoms with Gasteiger partial charge in [0.15, 0.2) is 15.6 Å². The highest BCUT2D eigenvalue weighted by atomic mass is 32.2. The number of carbonyl (C=O) groups is 1. The predicted molar refractivity (Wildman–Crippen MR) is 84.1 cm³/mol. The zero-order valence-corrected chi connectivity index (χ0v) is 14.2. The van der Waals surface area contributed by atoms with E-state index in [4.69, 9.17) is 5.26 Å². The first-order chi connectivity index (χ1) is 10.2. The van der Waals surface area contributed by atoms with Gasteiger partial charge in [0.2, 0.25) is 0 Å². The number of ketones is 1. The molecule has 0 aliphatic heterocycles. The van der Waals surface area contributed by atoms with Crippen LogP contribution in [0.15, 0.2) is 17.0 Å². The van der Waals surface area contributed by atoms with E-state index in [1.54, 1.807) is 20.8 Å². The molecule has 5 heteroatoms. The van der Waals surface area contributed by atoms with E-state index in [0.717, 1.165) is 5.56 Å². The third kappa shape index (κ3) is 2.68. The fraction of sp³-hybridized carbons (Fsp3) is 0.529. The Balaban J connectivity index is 2.59. The van der Waals surface area contributed by atoms with Crippen LogP contribution in [0.25, 0.3) is 0 Å². The van der Waals surface area contributed by atoms with Crippen LogP contribution >= 0.6 is 0 Å². The van der Waals surface area contributed by atoms with Gasteiger partial charge in [-0.25, -0.2) is 8.42 Å². The van der Waals surface area contributed by atoms with Crippen LogP contribution in [-0.4, -0.2) is 19.5 Å². The highest BCUT2D eigenvalue weighted by Crippen LogP contribution is 2.38. The van der Waals surface area contributed by atoms with Crippen molar-refractivity contribution in [2.75, 3.05) is 0 Å². The van der Waals surface area contributed by atoms with Crippen molar-refractivity contribution >= 4 is 15.6 Å². The molecule has 0 amide bonds. The minimum atomic E-state index is -3.77. The van der Waals surface area contributed by atoms with Gasteiger partial charge in [-0.05, 0) is 51.2 Å². The topological polar surface area (TPSA) is 75.0 Å². The lowest BCUT2D eigenvalue weighted by Gasteiger charge is -2.22. The van der Waals surface area contributed by atoms with Gasteiger partial charge in [0.25, 0.3) is 0 Å². The summed E-state index contributed by atoms with van der Waals surface area (Å²) in [7, 11) is -3.77. The Morgan fingerprint density at radius 3 is 2.27 bits per heavy atom. The molecule has 1 saturated carbocycles. The minimum Gasteiger partial charge on any atom is -0.298 e. The lowest BCUT2D eigenvalue weighted by Crippen LogP contribution is -2.35. The lowest BCUT2D eigenvalue weighted by molar-refractivity contribution is -0.117. The van der Waals surface area contributed by atoms with Crippen molar-refractivity contribution in [3.05, 3.63) is 28.8 Å². The Labute approximate surface area is 132 Å². The summed E-state index contributed by atoms with van der Waals surface area (Å²) in [6.45, 7) is 7.13. The van der Waals surface area contributed by atoms with E-state index in [2.05, 4.69) is 6.07 Å². The molecule has 0 radical (unpaired) electrons. The van der Waals surface area contributed by atoms with Crippen LogP contribution in [-0.2, 0) is 14.6 Å². The van der Waals surface area contributed by atoms with Crippen LogP contribution < -0.4 is 0 Å². The number of benzene rings is 1. The van der Waals surface area contributed by atoms with Crippen molar-refractivity contribution in [2.45, 2.75) is 50.7 Å². The molecule has 4 nitrogen and oxygen atoms in total. The van der Waals surface area contributed by atoms with Gasteiger partial charge in [0.05, 0.1) is 11.0 Å². The van der Waals surface area contributed by atoms with E-state index in [0.29, 0.717) is 17.5 Å². The maximum atomic E-state index is 13.1. The number of hydrogen-bond donors (Lipinski definition) is 0. The first-order valence-electron chi connectivity index (χ1n) is 7.44. The number of aryl methyl sites for hydroxylation is 3. The van der Waals surface area contributed by atoms with Crippen LogP contribution in [0, 0.1) is 43.9 Å². The van der Waals surface area contributed by atoms with Gasteiger partial charge >= 0.3 is 0 Å². The SMILES string of the molecule is Cc1cc(C)c(S(=O)(=O)C2C(=O)CC[C@H]2[C@@H](C)C#N)c(C)c1. The minimum absolute atomic E-state index is 0.241. The highest BCUT2D eigenvalue weighted by Gasteiger charge is 2.47. The van der Waals surface area contributed by atoms with E-state index in [1.807, 2.05) is 19.1 Å². The van der Waals surface area contributed by atoms with E-state index in [-0.39, 0.29) is 17.1 Å². The van der Waals surface area contributed by atoms with Crippen LogP contribution in [0.3, 0.4) is 0 Å². The number of carbonyl (C=O) groups excluding carboxylic acids is 1. The van der Waals surface area contributed by atoms with E-state index in [9.17, 15) is 13.2 Å². The molecule has 1 aliphatic rings. The molecule has 0 aromatic heterocycles. The second-order valence-corrected chi connectivity index (χ2v) is 8.29. The van der Waals surface area contributed by atoms with Gasteiger partial charge in [-0.3, -0.25) is 4.79 Å². The maximum absolute atomic E-state index is 13.1. The van der Waals surface area contributed by atoms with Gasteiger partial charge in [-0.2, -0.15) is 5.26 Å². The molecule has 118 valence electrons. The van der Waals surface area contributed by atoms with Crippen molar-refractivity contribution in [3.8, 4) is 6.07 Å². The Kier molecular flexibility index (Phi) is 4.44. The third-order valence-corrected chi connectivity index (χ3v) is 6.99. The van der Waals surface area contributed by atoms with Crippen molar-refractivity contribution < 1.29 is 13.2 Å². The highest BCUT2D eigenvalue weighted by molar-refractivity contribution is 7.93. The Morgan fingerprint density at radius 2 is 1.77 bits per heavy atom. The summed E-state index contributed by atoms with van der Waals surface area (Å²) in [5, 5.41) is 8.04. The largest absolute Gasteiger partial charge is 0.298 e. The monoisotopic (exact) mass is 319 g/mol. The van der Waals surface area contributed by atoms with Gasteiger partial charge in [-0.15, -0.1) is 0 Å². The number of rotatable bonds is 3. The summed E-state index contributed by atoms with van der Waals surface area (Å²) in [5.41, 5.74) is 2.33. The fourth-order valence-corrected chi connectivity index (χ4v) is 6.16. The van der Waals surface area contributed by atoms with Gasteiger partial charge in [0.1, 0.15) is 5.25 Å². The van der Waals surface area contributed by atoms with Crippen LogP contribution in [0.5, 0.6) is 0 Å². The molecular weight excluding hydrogens is 298 g/mol. The van der Waals surface area contributed by atoms with Crippen molar-refractivity contribution in [3.63, 3.8) is 0 Å². The molecule has 1 aromatic carbocycles. The number of nitrogens with zero attached hydrogens (tertiary/aromatic N) is 1. The first kappa shape index (κ1) is 16.7. The number of nitriles is 1. The molecule has 0 spiro atoms. The molecule has 1 aromatic rings. The molecule has 0 N–H and O–H groups in total. The summed E-state index contributed by atoms with van der Waals surface area (Å²) >= 11 is 0. The molecule has 0 saturated heterocycles. The molecule has 0 heterocycles. The standard InChI is InChI=1S/C17H21NO3S/c1-10-7-11(2)16(12(3)8-10)22(20,21)17-14(13(4)9-18)5-6-15(17)19/h7-8,13-14,17H,5-6H2,1-4H3/t13-,14-,17?/m0/s1. The van der Waals surface area contributed by atoms with Crippen molar-refractivity contribution in [2.24, 2.45) is 11.8 Å². The molecule has 1 unspecified atom stereocenters. The number of hydrogen-bond acceptors (Lipinski definition) is 4. The van der Waals surface area contributed by atoms with E-state index >= 15 is 0 Å². The second-order valence-electron chi connectivity index (χ2n) is 6.28. The second kappa shape index (κ2) is 5.85. The van der Waals surface area contributed by atoms with E-state index in [1.165, 1.54) is 0 Å². The normalized spacial score (nSPS) is 23.3. The smallest absolute Gasteiger partial charge is 0.189 e. The maximum Gasteiger partial charge on any atom is 0.189 e. The fourth-order valence-electron chi connectivity index (χ4n) is 3.59. The molecular formula is C17H21NO3S. The molecule has 3 atom stereocenters. The van der Waals surface area contributed by atoms with Crippen molar-refractivity contribution in [1.29, 1.82) is 5.26 Å². The Bertz CT molecular complexity index is 736. The Morgan fingerprint density at radius 1 is 1.23 bits per heavy atom. The summed E-state index contributed by atoms with van der Waals surface area (Å²) in [6, 6.07) is 5.75. The van der Waals surface area contributed by atoms with Gasteiger partial charge in [-0.1, -0.05) is 17.7 Å². The van der Waals surface area contributed by atoms with Crippen LogP contribution in [0.2, 0.25) is 0 Å². The van der Waals surface area contributed by atoms with Crippen LogP contribution in [0.1, 0.15) is 36.5 Å². The lowest BCUT2D eigenvalue weighted by atomic mass is 9.94. The first-order valence-corrected chi connectivity index (χ1v) is 8.99. The number of sulfone groups is 1. The molecule has 1 aliphatic carbocycles.